The summed E-state index contributed by atoms with van der Waals surface area (Å²) in [6.07, 6.45) is 0.665. The molecule has 0 bridgehead atoms. The minimum absolute atomic E-state index is 0.111. The maximum absolute atomic E-state index is 12.0. The number of ether oxygens (including phenoxy) is 1. The highest BCUT2D eigenvalue weighted by molar-refractivity contribution is 5.98. The van der Waals surface area contributed by atoms with E-state index in [1.165, 1.54) is 0 Å². The Morgan fingerprint density at radius 1 is 1.33 bits per heavy atom. The van der Waals surface area contributed by atoms with E-state index >= 15 is 0 Å². The van der Waals surface area contributed by atoms with Gasteiger partial charge in [0.2, 0.25) is 0 Å². The zero-order valence-corrected chi connectivity index (χ0v) is 10.4. The summed E-state index contributed by atoms with van der Waals surface area (Å²) in [6.45, 7) is 3.52. The van der Waals surface area contributed by atoms with Gasteiger partial charge in [-0.3, -0.25) is 4.79 Å². The fourth-order valence-corrected chi connectivity index (χ4v) is 3.06. The van der Waals surface area contributed by atoms with Gasteiger partial charge in [-0.05, 0) is 26.3 Å². The van der Waals surface area contributed by atoms with E-state index in [9.17, 15) is 9.59 Å². The van der Waals surface area contributed by atoms with Crippen LogP contribution < -0.4 is 4.74 Å². The summed E-state index contributed by atoms with van der Waals surface area (Å²) >= 11 is 0. The third kappa shape index (κ3) is 1.43. The molecular formula is C15H14O3. The van der Waals surface area contributed by atoms with Gasteiger partial charge in [0.25, 0.3) is 0 Å². The molecule has 0 saturated carbocycles. The lowest BCUT2D eigenvalue weighted by Gasteiger charge is -2.27. The molecule has 0 aromatic heterocycles. The van der Waals surface area contributed by atoms with E-state index in [1.807, 2.05) is 25.1 Å². The van der Waals surface area contributed by atoms with Gasteiger partial charge in [-0.15, -0.1) is 0 Å². The molecule has 0 saturated heterocycles. The predicted molar refractivity (Wildman–Crippen MR) is 66.3 cm³/mol. The van der Waals surface area contributed by atoms with Crippen molar-refractivity contribution < 1.29 is 14.3 Å². The van der Waals surface area contributed by atoms with E-state index in [0.29, 0.717) is 17.7 Å². The second-order valence-electron chi connectivity index (χ2n) is 5.02. The monoisotopic (exact) mass is 242 g/mol. The largest absolute Gasteiger partial charge is 0.423 e. The zero-order chi connectivity index (χ0) is 12.9. The van der Waals surface area contributed by atoms with Gasteiger partial charge in [-0.25, -0.2) is 4.79 Å². The number of esters is 1. The highest BCUT2D eigenvalue weighted by Gasteiger charge is 2.44. The van der Waals surface area contributed by atoms with Gasteiger partial charge in [-0.2, -0.15) is 0 Å². The second kappa shape index (κ2) is 3.80. The molecule has 1 aromatic carbocycles. The van der Waals surface area contributed by atoms with Crippen molar-refractivity contribution in [2.75, 3.05) is 0 Å². The molecule has 0 N–H and O–H groups in total. The highest BCUT2D eigenvalue weighted by atomic mass is 16.5. The van der Waals surface area contributed by atoms with Gasteiger partial charge in [0, 0.05) is 23.0 Å². The molecule has 2 aliphatic rings. The summed E-state index contributed by atoms with van der Waals surface area (Å²) < 4.78 is 5.34. The number of benzene rings is 1. The van der Waals surface area contributed by atoms with Crippen molar-refractivity contribution in [3.63, 3.8) is 0 Å². The Morgan fingerprint density at radius 3 is 2.78 bits per heavy atom. The fourth-order valence-electron chi connectivity index (χ4n) is 3.06. The molecule has 0 unspecified atom stereocenters. The lowest BCUT2D eigenvalue weighted by Crippen LogP contribution is -2.27. The van der Waals surface area contributed by atoms with Gasteiger partial charge in [-0.1, -0.05) is 23.8 Å². The normalized spacial score (nSPS) is 25.6. The number of hydrogen-bond acceptors (Lipinski definition) is 3. The van der Waals surface area contributed by atoms with Gasteiger partial charge in [0.1, 0.15) is 11.5 Å². The molecule has 3 heteroatoms. The van der Waals surface area contributed by atoms with E-state index in [-0.39, 0.29) is 23.6 Å². The Morgan fingerprint density at radius 2 is 2.06 bits per heavy atom. The van der Waals surface area contributed by atoms with Crippen LogP contribution in [0, 0.1) is 5.92 Å². The van der Waals surface area contributed by atoms with Crippen molar-refractivity contribution in [2.45, 2.75) is 26.2 Å². The number of allylic oxidation sites excluding steroid dienone is 1. The molecule has 1 aliphatic heterocycles. The quantitative estimate of drug-likeness (QED) is 0.561. The SMILES string of the molecule is CC(=O)[C@H]1CC(C)=C2C(=O)Oc3ccccc3[C@@H]21. The van der Waals surface area contributed by atoms with Crippen LogP contribution in [-0.2, 0) is 9.59 Å². The maximum Gasteiger partial charge on any atom is 0.340 e. The summed E-state index contributed by atoms with van der Waals surface area (Å²) in [5.74, 6) is 0.213. The standard InChI is InChI=1S/C15H14O3/c1-8-7-11(9(2)16)14-10-5-3-4-6-12(10)18-15(17)13(8)14/h3-6,11,14H,7H2,1-2H3/t11-,14-/m1/s1. The minimum atomic E-state index is -0.292. The van der Waals surface area contributed by atoms with E-state index in [4.69, 9.17) is 4.74 Å². The molecule has 2 atom stereocenters. The van der Waals surface area contributed by atoms with Crippen LogP contribution in [0.3, 0.4) is 0 Å². The molecule has 0 radical (unpaired) electrons. The molecule has 3 nitrogen and oxygen atoms in total. The van der Waals surface area contributed by atoms with Crippen molar-refractivity contribution in [1.29, 1.82) is 0 Å². The molecule has 0 amide bonds. The molecule has 1 heterocycles. The Balaban J connectivity index is 2.19. The third-order valence-corrected chi connectivity index (χ3v) is 3.90. The average Bonchev–Trinajstić information content (AvgIpc) is 2.68. The van der Waals surface area contributed by atoms with Gasteiger partial charge in [0.05, 0.1) is 0 Å². The lowest BCUT2D eigenvalue weighted by atomic mass is 9.81. The van der Waals surface area contributed by atoms with Gasteiger partial charge >= 0.3 is 5.97 Å². The Hall–Kier alpha value is -1.90. The van der Waals surface area contributed by atoms with E-state index < -0.39 is 0 Å². The molecule has 92 valence electrons. The molecule has 3 rings (SSSR count). The number of hydrogen-bond donors (Lipinski definition) is 0. The second-order valence-corrected chi connectivity index (χ2v) is 5.02. The van der Waals surface area contributed by atoms with Crippen LogP contribution in [0.15, 0.2) is 35.4 Å². The van der Waals surface area contributed by atoms with E-state index in [0.717, 1.165) is 11.1 Å². The van der Waals surface area contributed by atoms with Crippen molar-refractivity contribution in [3.05, 3.63) is 41.0 Å². The van der Waals surface area contributed by atoms with Crippen LogP contribution in [0.2, 0.25) is 0 Å². The number of Topliss-reactive ketones (excluding diaryl/α,β-unsaturated/α-hetero) is 1. The van der Waals surface area contributed by atoms with Crippen LogP contribution in [0.5, 0.6) is 5.75 Å². The average molecular weight is 242 g/mol. The number of carbonyl (C=O) groups is 2. The van der Waals surface area contributed by atoms with E-state index in [2.05, 4.69) is 0 Å². The van der Waals surface area contributed by atoms with Crippen LogP contribution in [0.25, 0.3) is 0 Å². The van der Waals surface area contributed by atoms with Crippen molar-refractivity contribution in [2.24, 2.45) is 5.92 Å². The lowest BCUT2D eigenvalue weighted by molar-refractivity contribution is -0.131. The molecule has 18 heavy (non-hydrogen) atoms. The van der Waals surface area contributed by atoms with Crippen molar-refractivity contribution >= 4 is 11.8 Å². The number of ketones is 1. The third-order valence-electron chi connectivity index (χ3n) is 3.90. The Kier molecular flexibility index (Phi) is 2.37. The summed E-state index contributed by atoms with van der Waals surface area (Å²) in [6, 6.07) is 7.49. The first-order valence-electron chi connectivity index (χ1n) is 6.11. The number of rotatable bonds is 1. The molecule has 0 fully saturated rings. The number of carbonyl (C=O) groups excluding carboxylic acids is 2. The van der Waals surface area contributed by atoms with Gasteiger partial charge < -0.3 is 4.74 Å². The molecule has 0 spiro atoms. The summed E-state index contributed by atoms with van der Waals surface area (Å²) in [5, 5.41) is 0. The highest BCUT2D eigenvalue weighted by Crippen LogP contribution is 2.50. The Labute approximate surface area is 105 Å². The minimum Gasteiger partial charge on any atom is -0.423 e. The van der Waals surface area contributed by atoms with E-state index in [1.54, 1.807) is 13.0 Å². The van der Waals surface area contributed by atoms with Crippen LogP contribution in [0.1, 0.15) is 31.7 Å². The van der Waals surface area contributed by atoms with Gasteiger partial charge in [0.15, 0.2) is 0 Å². The fraction of sp³-hybridized carbons (Fsp3) is 0.333. The maximum atomic E-state index is 12.0. The molecular weight excluding hydrogens is 228 g/mol. The summed E-state index contributed by atoms with van der Waals surface area (Å²) in [5.41, 5.74) is 2.64. The predicted octanol–water partition coefficient (Wildman–Crippen LogP) is 2.61. The summed E-state index contributed by atoms with van der Waals surface area (Å²) in [4.78, 5) is 23.8. The smallest absolute Gasteiger partial charge is 0.340 e. The topological polar surface area (TPSA) is 43.4 Å². The Bertz CT molecular complexity index is 583. The molecule has 1 aromatic rings. The first-order valence-corrected chi connectivity index (χ1v) is 6.11. The van der Waals surface area contributed by atoms with Crippen molar-refractivity contribution in [1.82, 2.24) is 0 Å². The van der Waals surface area contributed by atoms with Crippen LogP contribution >= 0.6 is 0 Å². The number of fused-ring (bicyclic) bond motifs is 3. The first kappa shape index (κ1) is 11.2. The zero-order valence-electron chi connectivity index (χ0n) is 10.4. The first-order chi connectivity index (χ1) is 8.59. The summed E-state index contributed by atoms with van der Waals surface area (Å²) in [7, 11) is 0. The molecule has 1 aliphatic carbocycles. The van der Waals surface area contributed by atoms with Crippen LogP contribution in [-0.4, -0.2) is 11.8 Å². The van der Waals surface area contributed by atoms with Crippen LogP contribution in [0.4, 0.5) is 0 Å². The number of para-hydroxylation sites is 1. The van der Waals surface area contributed by atoms with Crippen molar-refractivity contribution in [3.8, 4) is 5.75 Å².